The zero-order valence-electron chi connectivity index (χ0n) is 5.01. The second-order valence-electron chi connectivity index (χ2n) is 1.83. The van der Waals surface area contributed by atoms with E-state index in [4.69, 9.17) is 0 Å². The molecule has 0 fully saturated rings. The summed E-state index contributed by atoms with van der Waals surface area (Å²) in [6.45, 7) is 1.52. The summed E-state index contributed by atoms with van der Waals surface area (Å²) in [6, 6.07) is 1.70. The zero-order chi connectivity index (χ0) is 6.85. The third-order valence-electron chi connectivity index (χ3n) is 1.07. The van der Waals surface area contributed by atoms with Gasteiger partial charge in [-0.05, 0) is 13.0 Å². The molecule has 0 amide bonds. The maximum Gasteiger partial charge on any atom is 0.161 e. The highest BCUT2D eigenvalue weighted by atomic mass is 32.1. The van der Waals surface area contributed by atoms with E-state index >= 15 is 0 Å². The summed E-state index contributed by atoms with van der Waals surface area (Å²) in [5.74, 6) is 0.0616. The number of H-pyrrole nitrogens is 1. The Balaban J connectivity index is 2.98. The summed E-state index contributed by atoms with van der Waals surface area (Å²) in [4.78, 5) is 13.4. The van der Waals surface area contributed by atoms with Gasteiger partial charge in [-0.2, -0.15) is 0 Å². The first-order chi connectivity index (χ1) is 4.20. The smallest absolute Gasteiger partial charge is 0.161 e. The van der Waals surface area contributed by atoms with Crippen LogP contribution >= 0.6 is 12.6 Å². The number of Topliss-reactive ketones (excluding diaryl/α,β-unsaturated/α-hetero) is 1. The number of carbonyl (C=O) groups excluding carboxylic acids is 1. The Morgan fingerprint density at radius 2 is 2.44 bits per heavy atom. The Bertz CT molecular complexity index is 229. The molecule has 0 unspecified atom stereocenters. The van der Waals surface area contributed by atoms with Crippen LogP contribution < -0.4 is 0 Å². The number of aromatic amines is 1. The van der Waals surface area contributed by atoms with Crippen LogP contribution in [-0.2, 0) is 0 Å². The minimum Gasteiger partial charge on any atom is -0.356 e. The summed E-state index contributed by atoms with van der Waals surface area (Å²) in [5.41, 5.74) is 0.681. The Kier molecular flexibility index (Phi) is 1.62. The van der Waals surface area contributed by atoms with E-state index in [1.54, 1.807) is 12.3 Å². The van der Waals surface area contributed by atoms with Gasteiger partial charge < -0.3 is 4.98 Å². The number of hydrogen-bond acceptors (Lipinski definition) is 2. The average molecular weight is 141 g/mol. The molecule has 48 valence electrons. The maximum atomic E-state index is 10.6. The molecule has 3 heteroatoms. The second-order valence-corrected chi connectivity index (χ2v) is 2.31. The monoisotopic (exact) mass is 141 g/mol. The van der Waals surface area contributed by atoms with Crippen molar-refractivity contribution in [3.8, 4) is 0 Å². The van der Waals surface area contributed by atoms with Crippen molar-refractivity contribution < 1.29 is 4.79 Å². The van der Waals surface area contributed by atoms with Crippen molar-refractivity contribution in [1.82, 2.24) is 4.98 Å². The molecule has 0 bridgehead atoms. The van der Waals surface area contributed by atoms with E-state index in [1.807, 2.05) is 0 Å². The van der Waals surface area contributed by atoms with E-state index < -0.39 is 0 Å². The largest absolute Gasteiger partial charge is 0.356 e. The number of carbonyl (C=O) groups is 1. The maximum absolute atomic E-state index is 10.6. The number of rotatable bonds is 1. The van der Waals surface area contributed by atoms with Crippen LogP contribution in [0.25, 0.3) is 0 Å². The Morgan fingerprint density at radius 3 is 2.67 bits per heavy atom. The lowest BCUT2D eigenvalue weighted by Gasteiger charge is -1.80. The van der Waals surface area contributed by atoms with Crippen LogP contribution in [0, 0.1) is 0 Å². The lowest BCUT2D eigenvalue weighted by Crippen LogP contribution is -1.85. The van der Waals surface area contributed by atoms with Crippen LogP contribution in [0.5, 0.6) is 0 Å². The molecule has 0 atom stereocenters. The summed E-state index contributed by atoms with van der Waals surface area (Å²) >= 11 is 3.99. The summed E-state index contributed by atoms with van der Waals surface area (Å²) in [5, 5.41) is 0.722. The van der Waals surface area contributed by atoms with E-state index in [2.05, 4.69) is 17.6 Å². The molecule has 1 aromatic rings. The Labute approximate surface area is 58.7 Å². The average Bonchev–Trinajstić information content (AvgIpc) is 2.14. The second kappa shape index (κ2) is 2.27. The van der Waals surface area contributed by atoms with Gasteiger partial charge in [0.05, 0.1) is 5.03 Å². The van der Waals surface area contributed by atoms with Gasteiger partial charge in [-0.15, -0.1) is 12.6 Å². The van der Waals surface area contributed by atoms with Gasteiger partial charge in [0.2, 0.25) is 0 Å². The molecule has 0 spiro atoms. The third kappa shape index (κ3) is 1.36. The van der Waals surface area contributed by atoms with Crippen LogP contribution in [0.15, 0.2) is 17.3 Å². The number of thiol groups is 1. The predicted molar refractivity (Wildman–Crippen MR) is 38.0 cm³/mol. The molecule has 0 aliphatic heterocycles. The highest BCUT2D eigenvalue weighted by Crippen LogP contribution is 2.06. The summed E-state index contributed by atoms with van der Waals surface area (Å²) in [6.07, 6.45) is 1.64. The van der Waals surface area contributed by atoms with E-state index in [-0.39, 0.29) is 5.78 Å². The molecule has 1 aromatic heterocycles. The van der Waals surface area contributed by atoms with Crippen LogP contribution in [0.1, 0.15) is 17.3 Å². The lowest BCUT2D eigenvalue weighted by atomic mass is 10.2. The van der Waals surface area contributed by atoms with Crippen LogP contribution in [-0.4, -0.2) is 10.8 Å². The van der Waals surface area contributed by atoms with Crippen LogP contribution in [0.3, 0.4) is 0 Å². The molecule has 9 heavy (non-hydrogen) atoms. The molecule has 1 heterocycles. The van der Waals surface area contributed by atoms with Crippen molar-refractivity contribution in [3.05, 3.63) is 17.8 Å². The van der Waals surface area contributed by atoms with Gasteiger partial charge in [-0.3, -0.25) is 4.79 Å². The van der Waals surface area contributed by atoms with Crippen LogP contribution in [0.4, 0.5) is 0 Å². The first-order valence-electron chi connectivity index (χ1n) is 2.58. The first kappa shape index (κ1) is 6.42. The van der Waals surface area contributed by atoms with E-state index in [1.165, 1.54) is 6.92 Å². The fraction of sp³-hybridized carbons (Fsp3) is 0.167. The van der Waals surface area contributed by atoms with Crippen molar-refractivity contribution in [2.75, 3.05) is 0 Å². The van der Waals surface area contributed by atoms with Crippen molar-refractivity contribution in [2.24, 2.45) is 0 Å². The highest BCUT2D eigenvalue weighted by molar-refractivity contribution is 7.80. The highest BCUT2D eigenvalue weighted by Gasteiger charge is 1.98. The van der Waals surface area contributed by atoms with Crippen molar-refractivity contribution in [1.29, 1.82) is 0 Å². The minimum absolute atomic E-state index is 0.0616. The molecule has 1 rings (SSSR count). The van der Waals surface area contributed by atoms with E-state index in [9.17, 15) is 4.79 Å². The van der Waals surface area contributed by atoms with Gasteiger partial charge in [0.15, 0.2) is 5.78 Å². The standard InChI is InChI=1S/C6H7NOS/c1-4(8)5-2-6(9)7-3-5/h2-3,7,9H,1H3. The molecule has 1 N–H and O–H groups in total. The van der Waals surface area contributed by atoms with Crippen molar-refractivity contribution in [2.45, 2.75) is 11.9 Å². The first-order valence-corrected chi connectivity index (χ1v) is 3.03. The number of hydrogen-bond donors (Lipinski definition) is 2. The third-order valence-corrected chi connectivity index (χ3v) is 1.33. The molecule has 0 radical (unpaired) electrons. The van der Waals surface area contributed by atoms with Gasteiger partial charge in [0.1, 0.15) is 0 Å². The lowest BCUT2D eigenvalue weighted by molar-refractivity contribution is 0.101. The SMILES string of the molecule is CC(=O)c1c[nH]c(S)c1. The summed E-state index contributed by atoms with van der Waals surface area (Å²) < 4.78 is 0. The van der Waals surface area contributed by atoms with Crippen LogP contribution in [0.2, 0.25) is 0 Å². The number of ketones is 1. The fourth-order valence-corrected chi connectivity index (χ4v) is 0.789. The van der Waals surface area contributed by atoms with Crippen molar-refractivity contribution in [3.63, 3.8) is 0 Å². The molecule has 2 nitrogen and oxygen atoms in total. The zero-order valence-corrected chi connectivity index (χ0v) is 5.90. The molecular formula is C6H7NOS. The Morgan fingerprint density at radius 1 is 1.78 bits per heavy atom. The predicted octanol–water partition coefficient (Wildman–Crippen LogP) is 1.51. The normalized spacial score (nSPS) is 9.56. The minimum atomic E-state index is 0.0616. The topological polar surface area (TPSA) is 32.9 Å². The van der Waals surface area contributed by atoms with E-state index in [0.717, 1.165) is 5.03 Å². The molecule has 0 saturated carbocycles. The molecule has 0 aliphatic carbocycles. The Hall–Kier alpha value is -0.700. The van der Waals surface area contributed by atoms with Gasteiger partial charge >= 0.3 is 0 Å². The van der Waals surface area contributed by atoms with Crippen molar-refractivity contribution >= 4 is 18.4 Å². The molecule has 0 aromatic carbocycles. The van der Waals surface area contributed by atoms with E-state index in [0.29, 0.717) is 5.56 Å². The molecular weight excluding hydrogens is 134 g/mol. The quantitative estimate of drug-likeness (QED) is 0.451. The van der Waals surface area contributed by atoms with Gasteiger partial charge in [0, 0.05) is 11.8 Å². The van der Waals surface area contributed by atoms with Gasteiger partial charge in [0.25, 0.3) is 0 Å². The summed E-state index contributed by atoms with van der Waals surface area (Å²) in [7, 11) is 0. The number of aromatic nitrogens is 1. The number of nitrogens with one attached hydrogen (secondary N) is 1. The molecule has 0 saturated heterocycles. The van der Waals surface area contributed by atoms with Gasteiger partial charge in [-0.25, -0.2) is 0 Å². The van der Waals surface area contributed by atoms with Gasteiger partial charge in [-0.1, -0.05) is 0 Å². The fourth-order valence-electron chi connectivity index (χ4n) is 0.586. The molecule has 0 aliphatic rings.